The fourth-order valence-corrected chi connectivity index (χ4v) is 5.27. The summed E-state index contributed by atoms with van der Waals surface area (Å²) in [5, 5.41) is 3.91. The average molecular weight is 288 g/mol. The maximum atomic E-state index is 11.8. The Labute approximate surface area is 113 Å². The summed E-state index contributed by atoms with van der Waals surface area (Å²) >= 11 is 1.67. The highest BCUT2D eigenvalue weighted by molar-refractivity contribution is 7.92. The molecule has 2 heterocycles. The first kappa shape index (κ1) is 14.0. The van der Waals surface area contributed by atoms with Gasteiger partial charge in [0.1, 0.15) is 0 Å². The van der Waals surface area contributed by atoms with E-state index in [1.54, 1.807) is 11.3 Å². The molecule has 1 saturated heterocycles. The highest BCUT2D eigenvalue weighted by Gasteiger charge is 2.31. The SMILES string of the molecule is CNCCCc1cnc(CC2CCCS2(=O)=O)s1. The lowest BCUT2D eigenvalue weighted by atomic mass is 10.2. The van der Waals surface area contributed by atoms with Crippen LogP contribution < -0.4 is 5.32 Å². The molecule has 18 heavy (non-hydrogen) atoms. The number of hydrogen-bond acceptors (Lipinski definition) is 5. The van der Waals surface area contributed by atoms with E-state index >= 15 is 0 Å². The van der Waals surface area contributed by atoms with Crippen molar-refractivity contribution in [2.75, 3.05) is 19.3 Å². The second kappa shape index (κ2) is 6.12. The zero-order chi connectivity index (χ0) is 13.0. The van der Waals surface area contributed by atoms with Crippen molar-refractivity contribution in [1.29, 1.82) is 0 Å². The third-order valence-corrected chi connectivity index (χ3v) is 6.67. The lowest BCUT2D eigenvalue weighted by Crippen LogP contribution is -2.18. The van der Waals surface area contributed by atoms with E-state index in [0.29, 0.717) is 12.2 Å². The number of sulfone groups is 1. The van der Waals surface area contributed by atoms with E-state index < -0.39 is 9.84 Å². The number of nitrogens with one attached hydrogen (secondary N) is 1. The third kappa shape index (κ3) is 3.52. The zero-order valence-corrected chi connectivity index (χ0v) is 12.3. The molecule has 1 N–H and O–H groups in total. The van der Waals surface area contributed by atoms with Gasteiger partial charge in [-0.25, -0.2) is 13.4 Å². The van der Waals surface area contributed by atoms with Crippen LogP contribution in [0, 0.1) is 0 Å². The van der Waals surface area contributed by atoms with Gasteiger partial charge >= 0.3 is 0 Å². The Kier molecular flexibility index (Phi) is 4.75. The topological polar surface area (TPSA) is 59.1 Å². The van der Waals surface area contributed by atoms with Gasteiger partial charge in [-0.3, -0.25) is 0 Å². The van der Waals surface area contributed by atoms with Gasteiger partial charge in [-0.05, 0) is 39.3 Å². The van der Waals surface area contributed by atoms with Gasteiger partial charge < -0.3 is 5.32 Å². The molecule has 4 nitrogen and oxygen atoms in total. The Morgan fingerprint density at radius 1 is 1.56 bits per heavy atom. The van der Waals surface area contributed by atoms with Crippen molar-refractivity contribution in [3.8, 4) is 0 Å². The standard InChI is InChI=1S/C12H20N2O2S2/c1-13-6-2-4-10-9-14-12(17-10)8-11-5-3-7-18(11,15)16/h9,11,13H,2-8H2,1H3. The van der Waals surface area contributed by atoms with Crippen LogP contribution in [0.15, 0.2) is 6.20 Å². The molecule has 0 aliphatic carbocycles. The summed E-state index contributed by atoms with van der Waals surface area (Å²) in [6.07, 6.45) is 6.25. The average Bonchev–Trinajstić information content (AvgIpc) is 2.88. The molecule has 0 saturated carbocycles. The lowest BCUT2D eigenvalue weighted by molar-refractivity contribution is 0.588. The monoisotopic (exact) mass is 288 g/mol. The number of nitrogens with zero attached hydrogens (tertiary/aromatic N) is 1. The van der Waals surface area contributed by atoms with Gasteiger partial charge in [0.2, 0.25) is 0 Å². The van der Waals surface area contributed by atoms with Gasteiger partial charge in [-0.15, -0.1) is 11.3 Å². The number of thiazole rings is 1. The molecular formula is C12H20N2O2S2. The van der Waals surface area contributed by atoms with Crippen LogP contribution in [-0.4, -0.2) is 38.0 Å². The van der Waals surface area contributed by atoms with Gasteiger partial charge in [0.05, 0.1) is 16.0 Å². The van der Waals surface area contributed by atoms with Crippen molar-refractivity contribution < 1.29 is 8.42 Å². The van der Waals surface area contributed by atoms with Crippen LogP contribution >= 0.6 is 11.3 Å². The predicted octanol–water partition coefficient (Wildman–Crippen LogP) is 1.41. The summed E-state index contributed by atoms with van der Waals surface area (Å²) in [7, 11) is -0.893. The Bertz CT molecular complexity index is 482. The molecule has 1 fully saturated rings. The molecule has 1 aromatic rings. The maximum Gasteiger partial charge on any atom is 0.153 e. The molecule has 1 aliphatic heterocycles. The molecule has 0 bridgehead atoms. The molecule has 0 radical (unpaired) electrons. The second-order valence-corrected chi connectivity index (χ2v) is 8.36. The van der Waals surface area contributed by atoms with Crippen LogP contribution in [0.3, 0.4) is 0 Å². The normalized spacial score (nSPS) is 22.4. The first-order chi connectivity index (χ1) is 8.62. The van der Waals surface area contributed by atoms with Crippen molar-refractivity contribution in [2.24, 2.45) is 0 Å². The van der Waals surface area contributed by atoms with Crippen molar-refractivity contribution in [3.63, 3.8) is 0 Å². The number of rotatable bonds is 6. The third-order valence-electron chi connectivity index (χ3n) is 3.32. The zero-order valence-electron chi connectivity index (χ0n) is 10.7. The first-order valence-electron chi connectivity index (χ1n) is 6.41. The Balaban J connectivity index is 1.90. The Morgan fingerprint density at radius 3 is 3.06 bits per heavy atom. The van der Waals surface area contributed by atoms with Crippen LogP contribution in [-0.2, 0) is 22.7 Å². The molecular weight excluding hydrogens is 268 g/mol. The smallest absolute Gasteiger partial charge is 0.153 e. The molecule has 0 amide bonds. The molecule has 2 rings (SSSR count). The van der Waals surface area contributed by atoms with Crippen molar-refractivity contribution >= 4 is 21.2 Å². The fraction of sp³-hybridized carbons (Fsp3) is 0.750. The molecule has 102 valence electrons. The summed E-state index contributed by atoms with van der Waals surface area (Å²) in [6, 6.07) is 0. The summed E-state index contributed by atoms with van der Waals surface area (Å²) < 4.78 is 23.5. The van der Waals surface area contributed by atoms with E-state index in [2.05, 4.69) is 10.3 Å². The molecule has 1 atom stereocenters. The molecule has 1 aliphatic rings. The van der Waals surface area contributed by atoms with E-state index in [1.165, 1.54) is 4.88 Å². The summed E-state index contributed by atoms with van der Waals surface area (Å²) in [4.78, 5) is 5.62. The molecule has 0 aromatic carbocycles. The van der Waals surface area contributed by atoms with Crippen molar-refractivity contribution in [2.45, 2.75) is 37.4 Å². The highest BCUT2D eigenvalue weighted by Crippen LogP contribution is 2.25. The van der Waals surface area contributed by atoms with Gasteiger partial charge in [0, 0.05) is 17.5 Å². The Hall–Kier alpha value is -0.460. The quantitative estimate of drug-likeness (QED) is 0.804. The fourth-order valence-electron chi connectivity index (χ4n) is 2.28. The van der Waals surface area contributed by atoms with Crippen LogP contribution in [0.5, 0.6) is 0 Å². The maximum absolute atomic E-state index is 11.8. The van der Waals surface area contributed by atoms with Crippen molar-refractivity contribution in [3.05, 3.63) is 16.1 Å². The molecule has 6 heteroatoms. The Morgan fingerprint density at radius 2 is 2.39 bits per heavy atom. The minimum Gasteiger partial charge on any atom is -0.320 e. The molecule has 1 aromatic heterocycles. The van der Waals surface area contributed by atoms with Crippen LogP contribution in [0.2, 0.25) is 0 Å². The van der Waals surface area contributed by atoms with E-state index in [9.17, 15) is 8.42 Å². The van der Waals surface area contributed by atoms with E-state index in [1.807, 2.05) is 13.2 Å². The van der Waals surface area contributed by atoms with E-state index in [0.717, 1.165) is 37.2 Å². The highest BCUT2D eigenvalue weighted by atomic mass is 32.2. The minimum absolute atomic E-state index is 0.186. The number of aromatic nitrogens is 1. The van der Waals surface area contributed by atoms with Gasteiger partial charge in [-0.1, -0.05) is 0 Å². The van der Waals surface area contributed by atoms with Crippen LogP contribution in [0.25, 0.3) is 0 Å². The molecule has 0 spiro atoms. The number of aryl methyl sites for hydroxylation is 1. The summed E-state index contributed by atoms with van der Waals surface area (Å²) in [5.74, 6) is 0.359. The largest absolute Gasteiger partial charge is 0.320 e. The molecule has 1 unspecified atom stereocenters. The number of hydrogen-bond donors (Lipinski definition) is 1. The predicted molar refractivity (Wildman–Crippen MR) is 74.9 cm³/mol. The second-order valence-electron chi connectivity index (χ2n) is 4.76. The van der Waals surface area contributed by atoms with Gasteiger partial charge in [0.15, 0.2) is 9.84 Å². The van der Waals surface area contributed by atoms with Crippen LogP contribution in [0.1, 0.15) is 29.1 Å². The first-order valence-corrected chi connectivity index (χ1v) is 8.95. The lowest BCUT2D eigenvalue weighted by Gasteiger charge is -2.05. The summed E-state index contributed by atoms with van der Waals surface area (Å²) in [5.41, 5.74) is 0. The van der Waals surface area contributed by atoms with Gasteiger partial charge in [-0.2, -0.15) is 0 Å². The van der Waals surface area contributed by atoms with E-state index in [4.69, 9.17) is 0 Å². The van der Waals surface area contributed by atoms with E-state index in [-0.39, 0.29) is 5.25 Å². The van der Waals surface area contributed by atoms with Crippen LogP contribution in [0.4, 0.5) is 0 Å². The minimum atomic E-state index is -2.84. The van der Waals surface area contributed by atoms with Gasteiger partial charge in [0.25, 0.3) is 0 Å². The summed E-state index contributed by atoms with van der Waals surface area (Å²) in [6.45, 7) is 1.00. The van der Waals surface area contributed by atoms with Crippen molar-refractivity contribution in [1.82, 2.24) is 10.3 Å².